The number of nitrogens with one attached hydrogen (secondary N) is 1. The maximum atomic E-state index is 12.1. The predicted molar refractivity (Wildman–Crippen MR) is 79.6 cm³/mol. The molecule has 0 amide bonds. The molecule has 1 aromatic rings. The second kappa shape index (κ2) is 7.06. The maximum absolute atomic E-state index is 12.1. The molecule has 0 radical (unpaired) electrons. The first-order valence-corrected chi connectivity index (χ1v) is 8.45. The van der Waals surface area contributed by atoms with Gasteiger partial charge in [-0.15, -0.1) is 0 Å². The first-order valence-electron chi connectivity index (χ1n) is 6.97. The van der Waals surface area contributed by atoms with Crippen LogP contribution in [0.1, 0.15) is 19.3 Å². The third-order valence-corrected chi connectivity index (χ3v) is 4.91. The van der Waals surface area contributed by atoms with E-state index in [1.54, 1.807) is 19.2 Å². The third-order valence-electron chi connectivity index (χ3n) is 3.44. The van der Waals surface area contributed by atoms with Crippen LogP contribution in [-0.4, -0.2) is 41.8 Å². The van der Waals surface area contributed by atoms with Gasteiger partial charge in [-0.3, -0.25) is 0 Å². The Morgan fingerprint density at radius 3 is 2.45 bits per heavy atom. The zero-order valence-corrected chi connectivity index (χ0v) is 12.7. The first-order chi connectivity index (χ1) is 9.63. The van der Waals surface area contributed by atoms with Gasteiger partial charge in [0.05, 0.1) is 4.90 Å². The molecule has 0 spiro atoms. The monoisotopic (exact) mass is 298 g/mol. The van der Waals surface area contributed by atoms with Crippen molar-refractivity contribution in [1.29, 1.82) is 0 Å². The van der Waals surface area contributed by atoms with Crippen LogP contribution in [0.5, 0.6) is 0 Å². The molecule has 1 aliphatic rings. The molecule has 5 nitrogen and oxygen atoms in total. The van der Waals surface area contributed by atoms with Gasteiger partial charge in [0.25, 0.3) is 0 Å². The SMILES string of the molecule is COCCCNS(=O)(=O)c1ccc(N2CCCC2)cc1. The highest BCUT2D eigenvalue weighted by Crippen LogP contribution is 2.21. The van der Waals surface area contributed by atoms with Crippen molar-refractivity contribution in [3.8, 4) is 0 Å². The number of sulfonamides is 1. The minimum Gasteiger partial charge on any atom is -0.385 e. The Balaban J connectivity index is 1.97. The Morgan fingerprint density at radius 2 is 1.85 bits per heavy atom. The zero-order valence-electron chi connectivity index (χ0n) is 11.8. The second-order valence-corrected chi connectivity index (χ2v) is 6.70. The summed E-state index contributed by atoms with van der Waals surface area (Å²) in [7, 11) is -1.80. The lowest BCUT2D eigenvalue weighted by atomic mass is 10.3. The summed E-state index contributed by atoms with van der Waals surface area (Å²) in [6.45, 7) is 3.06. The van der Waals surface area contributed by atoms with Crippen molar-refractivity contribution < 1.29 is 13.2 Å². The average Bonchev–Trinajstić information content (AvgIpc) is 2.98. The van der Waals surface area contributed by atoms with E-state index in [0.717, 1.165) is 18.8 Å². The van der Waals surface area contributed by atoms with Gasteiger partial charge in [-0.05, 0) is 43.5 Å². The fourth-order valence-electron chi connectivity index (χ4n) is 2.32. The molecular formula is C14H22N2O3S. The fraction of sp³-hybridized carbons (Fsp3) is 0.571. The summed E-state index contributed by atoms with van der Waals surface area (Å²) in [5, 5.41) is 0. The van der Waals surface area contributed by atoms with Crippen LogP contribution in [-0.2, 0) is 14.8 Å². The van der Waals surface area contributed by atoms with E-state index < -0.39 is 10.0 Å². The van der Waals surface area contributed by atoms with Crippen LogP contribution in [0, 0.1) is 0 Å². The molecule has 112 valence electrons. The second-order valence-electron chi connectivity index (χ2n) is 4.93. The van der Waals surface area contributed by atoms with Crippen molar-refractivity contribution in [3.05, 3.63) is 24.3 Å². The lowest BCUT2D eigenvalue weighted by Gasteiger charge is -2.17. The van der Waals surface area contributed by atoms with Gasteiger partial charge in [-0.25, -0.2) is 13.1 Å². The molecule has 1 aliphatic heterocycles. The summed E-state index contributed by atoms with van der Waals surface area (Å²) in [4.78, 5) is 2.60. The van der Waals surface area contributed by atoms with Gasteiger partial charge >= 0.3 is 0 Å². The molecule has 1 fully saturated rings. The van der Waals surface area contributed by atoms with Gasteiger partial charge in [0, 0.05) is 39.0 Å². The van der Waals surface area contributed by atoms with E-state index in [1.165, 1.54) is 12.8 Å². The highest BCUT2D eigenvalue weighted by Gasteiger charge is 2.15. The van der Waals surface area contributed by atoms with Gasteiger partial charge in [-0.1, -0.05) is 0 Å². The Labute approximate surface area is 121 Å². The number of hydrogen-bond acceptors (Lipinski definition) is 4. The van der Waals surface area contributed by atoms with Crippen LogP contribution in [0.3, 0.4) is 0 Å². The van der Waals surface area contributed by atoms with Gasteiger partial charge in [0.2, 0.25) is 10.0 Å². The summed E-state index contributed by atoms with van der Waals surface area (Å²) in [6.07, 6.45) is 3.09. The summed E-state index contributed by atoms with van der Waals surface area (Å²) in [6, 6.07) is 7.11. The number of nitrogens with zero attached hydrogens (tertiary/aromatic N) is 1. The topological polar surface area (TPSA) is 58.6 Å². The van der Waals surface area contributed by atoms with E-state index in [9.17, 15) is 8.42 Å². The number of anilines is 1. The lowest BCUT2D eigenvalue weighted by Crippen LogP contribution is -2.25. The van der Waals surface area contributed by atoms with E-state index in [-0.39, 0.29) is 0 Å². The van der Waals surface area contributed by atoms with Gasteiger partial charge in [0.15, 0.2) is 0 Å². The molecule has 1 saturated heterocycles. The van der Waals surface area contributed by atoms with E-state index in [4.69, 9.17) is 4.74 Å². The largest absolute Gasteiger partial charge is 0.385 e. The Kier molecular flexibility index (Phi) is 5.39. The standard InChI is InChI=1S/C14H22N2O3S/c1-19-12-4-9-15-20(17,18)14-7-5-13(6-8-14)16-10-2-3-11-16/h5-8,15H,2-4,9-12H2,1H3. The number of methoxy groups -OCH3 is 1. The summed E-state index contributed by atoms with van der Waals surface area (Å²) < 4.78 is 31.6. The minimum atomic E-state index is -3.41. The van der Waals surface area contributed by atoms with Gasteiger partial charge in [0.1, 0.15) is 0 Å². The summed E-state index contributed by atoms with van der Waals surface area (Å²) in [5.41, 5.74) is 1.10. The van der Waals surface area contributed by atoms with E-state index in [2.05, 4.69) is 9.62 Å². The Bertz CT molecular complexity index is 508. The molecule has 0 bridgehead atoms. The Morgan fingerprint density at radius 1 is 1.20 bits per heavy atom. The van der Waals surface area contributed by atoms with Crippen LogP contribution in [0.15, 0.2) is 29.2 Å². The van der Waals surface area contributed by atoms with E-state index >= 15 is 0 Å². The molecule has 0 unspecified atom stereocenters. The molecule has 1 aromatic carbocycles. The van der Waals surface area contributed by atoms with Crippen LogP contribution in [0.4, 0.5) is 5.69 Å². The minimum absolute atomic E-state index is 0.317. The molecule has 2 rings (SSSR count). The van der Waals surface area contributed by atoms with Crippen molar-refractivity contribution in [2.24, 2.45) is 0 Å². The highest BCUT2D eigenvalue weighted by atomic mass is 32.2. The Hall–Kier alpha value is -1.11. The van der Waals surface area contributed by atoms with E-state index in [0.29, 0.717) is 24.5 Å². The van der Waals surface area contributed by atoms with E-state index in [1.807, 2.05) is 12.1 Å². The smallest absolute Gasteiger partial charge is 0.240 e. The normalized spacial score (nSPS) is 15.8. The molecule has 1 heterocycles. The van der Waals surface area contributed by atoms with Crippen molar-refractivity contribution in [2.75, 3.05) is 38.3 Å². The number of hydrogen-bond donors (Lipinski definition) is 1. The zero-order chi connectivity index (χ0) is 14.4. The summed E-state index contributed by atoms with van der Waals surface area (Å²) in [5.74, 6) is 0. The van der Waals surface area contributed by atoms with Crippen LogP contribution in [0.2, 0.25) is 0 Å². The van der Waals surface area contributed by atoms with Crippen LogP contribution in [0.25, 0.3) is 0 Å². The number of benzene rings is 1. The van der Waals surface area contributed by atoms with Crippen LogP contribution >= 0.6 is 0 Å². The molecule has 6 heteroatoms. The fourth-order valence-corrected chi connectivity index (χ4v) is 3.39. The molecule has 0 atom stereocenters. The van der Waals surface area contributed by atoms with Crippen molar-refractivity contribution in [2.45, 2.75) is 24.2 Å². The summed E-state index contributed by atoms with van der Waals surface area (Å²) >= 11 is 0. The predicted octanol–water partition coefficient (Wildman–Crippen LogP) is 1.60. The first kappa shape index (κ1) is 15.3. The lowest BCUT2D eigenvalue weighted by molar-refractivity contribution is 0.196. The van der Waals surface area contributed by atoms with Crippen molar-refractivity contribution in [3.63, 3.8) is 0 Å². The van der Waals surface area contributed by atoms with Gasteiger partial charge in [-0.2, -0.15) is 0 Å². The quantitative estimate of drug-likeness (QED) is 0.777. The number of rotatable bonds is 7. The molecule has 1 N–H and O–H groups in total. The average molecular weight is 298 g/mol. The number of ether oxygens (including phenoxy) is 1. The van der Waals surface area contributed by atoms with Crippen molar-refractivity contribution >= 4 is 15.7 Å². The third kappa shape index (κ3) is 3.94. The van der Waals surface area contributed by atoms with Crippen LogP contribution < -0.4 is 9.62 Å². The van der Waals surface area contributed by atoms with Crippen molar-refractivity contribution in [1.82, 2.24) is 4.72 Å². The molecule has 0 saturated carbocycles. The maximum Gasteiger partial charge on any atom is 0.240 e. The molecule has 0 aromatic heterocycles. The van der Waals surface area contributed by atoms with Gasteiger partial charge < -0.3 is 9.64 Å². The molecular weight excluding hydrogens is 276 g/mol. The molecule has 0 aliphatic carbocycles. The highest BCUT2D eigenvalue weighted by molar-refractivity contribution is 7.89. The molecule has 20 heavy (non-hydrogen) atoms.